The molecule has 0 radical (unpaired) electrons. The molecule has 0 atom stereocenters. The minimum Gasteiger partial charge on any atom is -0.250 e. The second-order valence-corrected chi connectivity index (χ2v) is 4.42. The van der Waals surface area contributed by atoms with Gasteiger partial charge in [-0.3, -0.25) is 0 Å². The van der Waals surface area contributed by atoms with Gasteiger partial charge in [-0.2, -0.15) is 0 Å². The fourth-order valence-corrected chi connectivity index (χ4v) is 2.10. The average molecular weight is 197 g/mol. The highest BCUT2D eigenvalue weighted by molar-refractivity contribution is 7.09. The molecule has 0 spiro atoms. The molecule has 1 heterocycles. The van der Waals surface area contributed by atoms with E-state index in [0.717, 1.165) is 0 Å². The van der Waals surface area contributed by atoms with Gasteiger partial charge in [-0.05, 0) is 12.8 Å². The molecule has 1 nitrogen and oxygen atoms in total. The lowest BCUT2D eigenvalue weighted by atomic mass is 10.1. The molecule has 0 amide bonds. The number of rotatable bonds is 7. The second kappa shape index (κ2) is 7.07. The topological polar surface area (TPSA) is 12.9 Å². The van der Waals surface area contributed by atoms with Crippen molar-refractivity contribution < 1.29 is 0 Å². The summed E-state index contributed by atoms with van der Waals surface area (Å²) in [6.07, 6.45) is 11.3. The molecule has 2 heteroatoms. The van der Waals surface area contributed by atoms with Crippen molar-refractivity contribution in [2.45, 2.75) is 51.9 Å². The van der Waals surface area contributed by atoms with Gasteiger partial charge in [0.05, 0.1) is 5.01 Å². The van der Waals surface area contributed by atoms with Gasteiger partial charge in [-0.1, -0.05) is 39.0 Å². The fourth-order valence-electron chi connectivity index (χ4n) is 1.43. The Kier molecular flexibility index (Phi) is 5.83. The highest BCUT2D eigenvalue weighted by Gasteiger charge is 1.95. The number of aromatic nitrogens is 1. The fraction of sp³-hybridized carbons (Fsp3) is 0.727. The summed E-state index contributed by atoms with van der Waals surface area (Å²) < 4.78 is 0. The number of thiazole rings is 1. The molecule has 0 unspecified atom stereocenters. The molecule has 0 fully saturated rings. The number of unbranched alkanes of at least 4 members (excludes halogenated alkanes) is 5. The predicted molar refractivity (Wildman–Crippen MR) is 59.2 cm³/mol. The summed E-state index contributed by atoms with van der Waals surface area (Å²) in [5.74, 6) is 0. The highest BCUT2D eigenvalue weighted by atomic mass is 32.1. The van der Waals surface area contributed by atoms with Crippen LogP contribution in [0.2, 0.25) is 0 Å². The van der Waals surface area contributed by atoms with E-state index in [1.807, 2.05) is 6.20 Å². The SMILES string of the molecule is CCCCCCCCc1nccs1. The summed E-state index contributed by atoms with van der Waals surface area (Å²) in [5, 5.41) is 3.36. The van der Waals surface area contributed by atoms with Crippen molar-refractivity contribution in [2.75, 3.05) is 0 Å². The minimum absolute atomic E-state index is 1.18. The first-order valence-corrected chi connectivity index (χ1v) is 6.20. The Balaban J connectivity index is 1.90. The van der Waals surface area contributed by atoms with Gasteiger partial charge in [0.15, 0.2) is 0 Å². The lowest BCUT2D eigenvalue weighted by molar-refractivity contribution is 0.607. The second-order valence-electron chi connectivity index (χ2n) is 3.44. The number of aryl methyl sites for hydroxylation is 1. The van der Waals surface area contributed by atoms with Gasteiger partial charge in [0, 0.05) is 11.6 Å². The minimum atomic E-state index is 1.18. The summed E-state index contributed by atoms with van der Waals surface area (Å²) >= 11 is 1.78. The lowest BCUT2D eigenvalue weighted by Gasteiger charge is -1.98. The van der Waals surface area contributed by atoms with Gasteiger partial charge < -0.3 is 0 Å². The summed E-state index contributed by atoms with van der Waals surface area (Å²) in [5.41, 5.74) is 0. The van der Waals surface area contributed by atoms with Gasteiger partial charge in [-0.25, -0.2) is 4.98 Å². The monoisotopic (exact) mass is 197 g/mol. The van der Waals surface area contributed by atoms with Crippen LogP contribution in [-0.2, 0) is 6.42 Å². The first-order valence-electron chi connectivity index (χ1n) is 5.32. The first kappa shape index (κ1) is 10.7. The zero-order valence-electron chi connectivity index (χ0n) is 8.46. The Hall–Kier alpha value is -0.370. The molecule has 1 aromatic rings. The van der Waals surface area contributed by atoms with Gasteiger partial charge in [0.25, 0.3) is 0 Å². The molecule has 13 heavy (non-hydrogen) atoms. The summed E-state index contributed by atoms with van der Waals surface area (Å²) in [6, 6.07) is 0. The number of nitrogens with zero attached hydrogens (tertiary/aromatic N) is 1. The molecule has 0 aromatic carbocycles. The summed E-state index contributed by atoms with van der Waals surface area (Å²) in [7, 11) is 0. The molecule has 74 valence electrons. The molecular weight excluding hydrogens is 178 g/mol. The van der Waals surface area contributed by atoms with Crippen LogP contribution in [0.25, 0.3) is 0 Å². The van der Waals surface area contributed by atoms with E-state index < -0.39 is 0 Å². The third-order valence-corrected chi connectivity index (χ3v) is 3.07. The molecule has 0 aliphatic heterocycles. The Morgan fingerprint density at radius 3 is 2.62 bits per heavy atom. The third kappa shape index (κ3) is 5.04. The van der Waals surface area contributed by atoms with Crippen LogP contribution in [0.15, 0.2) is 11.6 Å². The van der Waals surface area contributed by atoms with Crippen molar-refractivity contribution in [3.8, 4) is 0 Å². The van der Waals surface area contributed by atoms with E-state index in [-0.39, 0.29) is 0 Å². The van der Waals surface area contributed by atoms with Gasteiger partial charge >= 0.3 is 0 Å². The van der Waals surface area contributed by atoms with E-state index in [0.29, 0.717) is 0 Å². The maximum Gasteiger partial charge on any atom is 0.0924 e. The quantitative estimate of drug-likeness (QED) is 0.601. The molecule has 0 saturated carbocycles. The Morgan fingerprint density at radius 1 is 1.15 bits per heavy atom. The molecule has 0 aliphatic rings. The smallest absolute Gasteiger partial charge is 0.0924 e. The van der Waals surface area contributed by atoms with Crippen LogP contribution in [0.3, 0.4) is 0 Å². The zero-order chi connectivity index (χ0) is 9.36. The van der Waals surface area contributed by atoms with Crippen molar-refractivity contribution in [2.24, 2.45) is 0 Å². The third-order valence-electron chi connectivity index (χ3n) is 2.23. The van der Waals surface area contributed by atoms with Crippen molar-refractivity contribution in [1.82, 2.24) is 4.98 Å². The van der Waals surface area contributed by atoms with Crippen molar-refractivity contribution in [3.05, 3.63) is 16.6 Å². The molecule has 0 N–H and O–H groups in total. The van der Waals surface area contributed by atoms with E-state index in [1.165, 1.54) is 50.0 Å². The van der Waals surface area contributed by atoms with Crippen LogP contribution in [0, 0.1) is 0 Å². The van der Waals surface area contributed by atoms with E-state index in [9.17, 15) is 0 Å². The van der Waals surface area contributed by atoms with E-state index in [2.05, 4.69) is 17.3 Å². The van der Waals surface area contributed by atoms with Crippen molar-refractivity contribution >= 4 is 11.3 Å². The standard InChI is InChI=1S/C11H19NS/c1-2-3-4-5-6-7-8-11-12-9-10-13-11/h9-10H,2-8H2,1H3. The van der Waals surface area contributed by atoms with Crippen LogP contribution in [0.5, 0.6) is 0 Å². The molecule has 0 aliphatic carbocycles. The Bertz CT molecular complexity index is 194. The van der Waals surface area contributed by atoms with Crippen LogP contribution in [-0.4, -0.2) is 4.98 Å². The lowest BCUT2D eigenvalue weighted by Crippen LogP contribution is -1.84. The maximum atomic E-state index is 4.27. The zero-order valence-corrected chi connectivity index (χ0v) is 9.28. The normalized spacial score (nSPS) is 10.5. The van der Waals surface area contributed by atoms with Gasteiger partial charge in [0.2, 0.25) is 0 Å². The van der Waals surface area contributed by atoms with Crippen LogP contribution >= 0.6 is 11.3 Å². The van der Waals surface area contributed by atoms with E-state index >= 15 is 0 Å². The molecule has 0 bridgehead atoms. The molecule has 1 aromatic heterocycles. The largest absolute Gasteiger partial charge is 0.250 e. The highest BCUT2D eigenvalue weighted by Crippen LogP contribution is 2.11. The predicted octanol–water partition coefficient (Wildman–Crippen LogP) is 4.05. The van der Waals surface area contributed by atoms with Crippen LogP contribution < -0.4 is 0 Å². The van der Waals surface area contributed by atoms with Crippen molar-refractivity contribution in [3.63, 3.8) is 0 Å². The molecular formula is C11H19NS. The molecule has 0 saturated heterocycles. The average Bonchev–Trinajstić information content (AvgIpc) is 2.63. The van der Waals surface area contributed by atoms with E-state index in [1.54, 1.807) is 11.3 Å². The van der Waals surface area contributed by atoms with Crippen LogP contribution in [0.1, 0.15) is 50.5 Å². The Labute approximate surface area is 85.2 Å². The van der Waals surface area contributed by atoms with E-state index in [4.69, 9.17) is 0 Å². The summed E-state index contributed by atoms with van der Waals surface area (Å²) in [4.78, 5) is 4.27. The van der Waals surface area contributed by atoms with Gasteiger partial charge in [-0.15, -0.1) is 11.3 Å². The number of hydrogen-bond donors (Lipinski definition) is 0. The number of hydrogen-bond acceptors (Lipinski definition) is 2. The first-order chi connectivity index (χ1) is 6.43. The molecule has 1 rings (SSSR count). The maximum absolute atomic E-state index is 4.27. The van der Waals surface area contributed by atoms with Crippen LogP contribution in [0.4, 0.5) is 0 Å². The summed E-state index contributed by atoms with van der Waals surface area (Å²) in [6.45, 7) is 2.26. The van der Waals surface area contributed by atoms with Crippen molar-refractivity contribution in [1.29, 1.82) is 0 Å². The van der Waals surface area contributed by atoms with Gasteiger partial charge in [0.1, 0.15) is 0 Å². The Morgan fingerprint density at radius 2 is 1.92 bits per heavy atom.